The van der Waals surface area contributed by atoms with Crippen molar-refractivity contribution in [2.45, 2.75) is 12.8 Å². The van der Waals surface area contributed by atoms with Gasteiger partial charge in [0.25, 0.3) is 0 Å². The predicted octanol–water partition coefficient (Wildman–Crippen LogP) is 5.99. The zero-order valence-electron chi connectivity index (χ0n) is 12.7. The average molecular weight is 325 g/mol. The van der Waals surface area contributed by atoms with Crippen molar-refractivity contribution in [3.05, 3.63) is 88.9 Å². The van der Waals surface area contributed by atoms with Gasteiger partial charge in [0, 0.05) is 16.5 Å². The van der Waals surface area contributed by atoms with Crippen LogP contribution in [0.3, 0.4) is 0 Å². The molecule has 0 amide bonds. The molecule has 3 rings (SSSR count). The smallest absolute Gasteiger partial charge is 0.127 e. The molecule has 0 radical (unpaired) electrons. The number of benzene rings is 3. The molecule has 0 aromatic heterocycles. The van der Waals surface area contributed by atoms with E-state index in [1.54, 1.807) is 24.3 Å². The Balaban J connectivity index is 1.88. The lowest BCUT2D eigenvalue weighted by molar-refractivity contribution is 0.456. The Morgan fingerprint density at radius 3 is 2.22 bits per heavy atom. The summed E-state index contributed by atoms with van der Waals surface area (Å²) in [5.74, 6) is 1.73. The molecule has 1 N–H and O–H groups in total. The Kier molecular flexibility index (Phi) is 4.54. The van der Waals surface area contributed by atoms with Crippen molar-refractivity contribution in [2.24, 2.45) is 0 Å². The van der Waals surface area contributed by atoms with Gasteiger partial charge in [-0.25, -0.2) is 0 Å². The first-order chi connectivity index (χ1) is 11.1. The minimum atomic E-state index is 0.0740. The van der Waals surface area contributed by atoms with Crippen molar-refractivity contribution in [1.82, 2.24) is 0 Å². The molecule has 0 aliphatic rings. The fraction of sp³-hybridized carbons (Fsp3) is 0.100. The molecule has 3 heteroatoms. The van der Waals surface area contributed by atoms with Crippen LogP contribution < -0.4 is 4.74 Å². The first-order valence-electron chi connectivity index (χ1n) is 7.45. The Morgan fingerprint density at radius 2 is 1.52 bits per heavy atom. The van der Waals surface area contributed by atoms with Gasteiger partial charge >= 0.3 is 0 Å². The highest BCUT2D eigenvalue weighted by Crippen LogP contribution is 2.35. The number of hydrogen-bond acceptors (Lipinski definition) is 2. The maximum Gasteiger partial charge on any atom is 0.127 e. The van der Waals surface area contributed by atoms with Crippen LogP contribution in [0.15, 0.2) is 72.8 Å². The van der Waals surface area contributed by atoms with Gasteiger partial charge in [-0.3, -0.25) is 0 Å². The second-order valence-electron chi connectivity index (χ2n) is 5.41. The summed E-state index contributed by atoms with van der Waals surface area (Å²) in [5, 5.41) is 10.9. The van der Waals surface area contributed by atoms with E-state index in [2.05, 4.69) is 19.1 Å². The van der Waals surface area contributed by atoms with Crippen molar-refractivity contribution < 1.29 is 9.84 Å². The topological polar surface area (TPSA) is 29.5 Å². The average Bonchev–Trinajstić information content (AvgIpc) is 2.59. The zero-order chi connectivity index (χ0) is 16.2. The second-order valence-corrected chi connectivity index (χ2v) is 5.85. The third-order valence-electron chi connectivity index (χ3n) is 3.81. The van der Waals surface area contributed by atoms with Gasteiger partial charge in [-0.1, -0.05) is 48.9 Å². The fourth-order valence-corrected chi connectivity index (χ4v) is 2.63. The molecule has 0 fully saturated rings. The summed E-state index contributed by atoms with van der Waals surface area (Å²) in [7, 11) is 0. The van der Waals surface area contributed by atoms with Crippen molar-refractivity contribution >= 4 is 11.6 Å². The van der Waals surface area contributed by atoms with Crippen molar-refractivity contribution in [3.8, 4) is 17.2 Å². The van der Waals surface area contributed by atoms with Crippen LogP contribution in [0.2, 0.25) is 5.02 Å². The summed E-state index contributed by atoms with van der Waals surface area (Å²) >= 11 is 5.88. The monoisotopic (exact) mass is 324 g/mol. The van der Waals surface area contributed by atoms with E-state index < -0.39 is 0 Å². The minimum absolute atomic E-state index is 0.0740. The molecule has 0 spiro atoms. The fourth-order valence-electron chi connectivity index (χ4n) is 2.50. The van der Waals surface area contributed by atoms with Crippen LogP contribution in [0.5, 0.6) is 17.2 Å². The molecular weight excluding hydrogens is 308 g/mol. The molecule has 23 heavy (non-hydrogen) atoms. The van der Waals surface area contributed by atoms with Gasteiger partial charge in [0.05, 0.1) is 0 Å². The summed E-state index contributed by atoms with van der Waals surface area (Å²) in [6.07, 6.45) is 0. The van der Waals surface area contributed by atoms with Gasteiger partial charge in [0.15, 0.2) is 0 Å². The van der Waals surface area contributed by atoms with Gasteiger partial charge in [-0.05, 0) is 48.0 Å². The lowest BCUT2D eigenvalue weighted by atomic mass is 9.92. The van der Waals surface area contributed by atoms with E-state index in [9.17, 15) is 5.11 Å². The summed E-state index contributed by atoms with van der Waals surface area (Å²) in [5.41, 5.74) is 1.98. The third kappa shape index (κ3) is 3.66. The molecule has 0 heterocycles. The van der Waals surface area contributed by atoms with Gasteiger partial charge in [0.2, 0.25) is 0 Å². The predicted molar refractivity (Wildman–Crippen MR) is 93.6 cm³/mol. The van der Waals surface area contributed by atoms with Crippen LogP contribution in [-0.2, 0) is 0 Å². The zero-order valence-corrected chi connectivity index (χ0v) is 13.5. The van der Waals surface area contributed by atoms with Gasteiger partial charge in [0.1, 0.15) is 17.2 Å². The lowest BCUT2D eigenvalue weighted by Gasteiger charge is -2.16. The van der Waals surface area contributed by atoms with Gasteiger partial charge in [-0.15, -0.1) is 0 Å². The Bertz CT molecular complexity index is 782. The highest BCUT2D eigenvalue weighted by molar-refractivity contribution is 6.30. The SMILES string of the molecule is CC(c1ccccc1)c1cc(Oc2ccc(Cl)cc2)ccc1O. The van der Waals surface area contributed by atoms with Crippen molar-refractivity contribution in [3.63, 3.8) is 0 Å². The van der Waals surface area contributed by atoms with E-state index in [4.69, 9.17) is 16.3 Å². The molecule has 116 valence electrons. The quantitative estimate of drug-likeness (QED) is 0.638. The molecule has 0 aliphatic heterocycles. The molecular formula is C20H17ClO2. The number of aromatic hydroxyl groups is 1. The molecule has 0 saturated heterocycles. The van der Waals surface area contributed by atoms with E-state index in [1.165, 1.54) is 0 Å². The van der Waals surface area contributed by atoms with Crippen molar-refractivity contribution in [1.29, 1.82) is 0 Å². The van der Waals surface area contributed by atoms with Crippen LogP contribution >= 0.6 is 11.6 Å². The van der Waals surface area contributed by atoms with E-state index in [0.717, 1.165) is 11.1 Å². The van der Waals surface area contributed by atoms with Crippen molar-refractivity contribution in [2.75, 3.05) is 0 Å². The number of phenolic OH excluding ortho intramolecular Hbond substituents is 1. The van der Waals surface area contributed by atoms with E-state index in [1.807, 2.05) is 36.4 Å². The molecule has 1 unspecified atom stereocenters. The van der Waals surface area contributed by atoms with E-state index >= 15 is 0 Å². The molecule has 2 nitrogen and oxygen atoms in total. The molecule has 0 aliphatic carbocycles. The summed E-state index contributed by atoms with van der Waals surface area (Å²) < 4.78 is 5.85. The van der Waals surface area contributed by atoms with Crippen LogP contribution in [0, 0.1) is 0 Å². The summed E-state index contributed by atoms with van der Waals surface area (Å²) in [6.45, 7) is 2.07. The maximum atomic E-state index is 10.2. The molecule has 0 saturated carbocycles. The normalized spacial score (nSPS) is 11.9. The lowest BCUT2D eigenvalue weighted by Crippen LogP contribution is -1.97. The number of ether oxygens (including phenoxy) is 1. The highest BCUT2D eigenvalue weighted by atomic mass is 35.5. The standard InChI is InChI=1S/C20H17ClO2/c1-14(15-5-3-2-4-6-15)19-13-18(11-12-20(19)22)23-17-9-7-16(21)8-10-17/h2-14,22H,1H3. The first kappa shape index (κ1) is 15.4. The van der Waals surface area contributed by atoms with Crippen LogP contribution in [-0.4, -0.2) is 5.11 Å². The summed E-state index contributed by atoms with van der Waals surface area (Å²) in [6, 6.07) is 22.6. The van der Waals surface area contributed by atoms with Crippen LogP contribution in [0.1, 0.15) is 24.0 Å². The van der Waals surface area contributed by atoms with E-state index in [0.29, 0.717) is 16.5 Å². The molecule has 3 aromatic rings. The largest absolute Gasteiger partial charge is 0.508 e. The Labute approximate surface area is 140 Å². The van der Waals surface area contributed by atoms with Gasteiger partial charge in [-0.2, -0.15) is 0 Å². The summed E-state index contributed by atoms with van der Waals surface area (Å²) in [4.78, 5) is 0. The number of halogens is 1. The molecule has 3 aromatic carbocycles. The number of phenols is 1. The minimum Gasteiger partial charge on any atom is -0.508 e. The maximum absolute atomic E-state index is 10.2. The number of rotatable bonds is 4. The third-order valence-corrected chi connectivity index (χ3v) is 4.07. The Morgan fingerprint density at radius 1 is 0.870 bits per heavy atom. The Hall–Kier alpha value is -2.45. The highest BCUT2D eigenvalue weighted by Gasteiger charge is 2.14. The first-order valence-corrected chi connectivity index (χ1v) is 7.82. The van der Waals surface area contributed by atoms with Crippen LogP contribution in [0.4, 0.5) is 0 Å². The van der Waals surface area contributed by atoms with E-state index in [-0.39, 0.29) is 11.7 Å². The van der Waals surface area contributed by atoms with Gasteiger partial charge < -0.3 is 9.84 Å². The number of hydrogen-bond donors (Lipinski definition) is 1. The second kappa shape index (κ2) is 6.76. The van der Waals surface area contributed by atoms with Crippen LogP contribution in [0.25, 0.3) is 0 Å². The molecule has 0 bridgehead atoms. The molecule has 1 atom stereocenters.